The van der Waals surface area contributed by atoms with Gasteiger partial charge in [-0.15, -0.1) is 0 Å². The largest absolute Gasteiger partial charge is 0.325 e. The molecule has 1 amide bonds. The Kier molecular flexibility index (Phi) is 6.73. The number of anilines is 1. The van der Waals surface area contributed by atoms with Gasteiger partial charge in [0.2, 0.25) is 15.9 Å². The molecule has 0 aliphatic heterocycles. The Morgan fingerprint density at radius 1 is 1.28 bits per heavy atom. The molecular formula is C18H23N3O3S. The van der Waals surface area contributed by atoms with Crippen molar-refractivity contribution in [2.24, 2.45) is 0 Å². The number of sulfonamides is 1. The van der Waals surface area contributed by atoms with E-state index in [0.29, 0.717) is 24.2 Å². The number of carbonyl (C=O) groups excluding carboxylic acids is 1. The monoisotopic (exact) mass is 361 g/mol. The topological polar surface area (TPSA) is 90.3 Å². The first-order chi connectivity index (χ1) is 11.9. The van der Waals surface area contributed by atoms with Crippen LogP contribution in [-0.2, 0) is 14.8 Å². The van der Waals surface area contributed by atoms with Crippen LogP contribution in [0.3, 0.4) is 0 Å². The van der Waals surface area contributed by atoms with Crippen LogP contribution < -0.4 is 5.32 Å². The Labute approximate surface area is 149 Å². The molecule has 1 aliphatic rings. The number of benzene rings is 1. The lowest BCUT2D eigenvalue weighted by Crippen LogP contribution is -2.38. The molecule has 0 saturated carbocycles. The second-order valence-corrected chi connectivity index (χ2v) is 8.17. The van der Waals surface area contributed by atoms with E-state index in [1.165, 1.54) is 16.3 Å². The molecule has 0 fully saturated rings. The zero-order valence-electron chi connectivity index (χ0n) is 14.4. The summed E-state index contributed by atoms with van der Waals surface area (Å²) in [6.45, 7) is 0.0948. The molecule has 1 aliphatic carbocycles. The normalized spacial score (nSPS) is 14.7. The summed E-state index contributed by atoms with van der Waals surface area (Å²) in [6, 6.07) is 8.43. The minimum atomic E-state index is -3.46. The van der Waals surface area contributed by atoms with Crippen LogP contribution in [0.15, 0.2) is 35.9 Å². The molecule has 1 aromatic carbocycles. The maximum atomic E-state index is 12.2. The van der Waals surface area contributed by atoms with E-state index in [1.807, 2.05) is 6.07 Å². The summed E-state index contributed by atoms with van der Waals surface area (Å²) < 4.78 is 25.1. The van der Waals surface area contributed by atoms with E-state index in [0.717, 1.165) is 25.5 Å². The van der Waals surface area contributed by atoms with E-state index in [9.17, 15) is 13.2 Å². The van der Waals surface area contributed by atoms with Crippen molar-refractivity contribution in [1.82, 2.24) is 4.31 Å². The molecule has 134 valence electrons. The lowest BCUT2D eigenvalue weighted by atomic mass is 9.97. The molecule has 0 spiro atoms. The third-order valence-electron chi connectivity index (χ3n) is 4.15. The predicted octanol–water partition coefficient (Wildman–Crippen LogP) is 2.65. The van der Waals surface area contributed by atoms with Gasteiger partial charge in [-0.2, -0.15) is 9.57 Å². The molecule has 0 atom stereocenters. The smallest absolute Gasteiger partial charge is 0.239 e. The highest BCUT2D eigenvalue weighted by Gasteiger charge is 2.20. The van der Waals surface area contributed by atoms with Crippen molar-refractivity contribution in [3.63, 3.8) is 0 Å². The maximum Gasteiger partial charge on any atom is 0.239 e. The highest BCUT2D eigenvalue weighted by atomic mass is 32.2. The van der Waals surface area contributed by atoms with Crippen LogP contribution in [0, 0.1) is 11.3 Å². The van der Waals surface area contributed by atoms with Gasteiger partial charge in [-0.1, -0.05) is 11.6 Å². The molecule has 25 heavy (non-hydrogen) atoms. The zero-order valence-corrected chi connectivity index (χ0v) is 15.2. The molecule has 0 saturated heterocycles. The van der Waals surface area contributed by atoms with Crippen LogP contribution >= 0.6 is 0 Å². The van der Waals surface area contributed by atoms with Crippen LogP contribution in [0.2, 0.25) is 0 Å². The third kappa shape index (κ3) is 6.33. The first-order valence-electron chi connectivity index (χ1n) is 8.31. The van der Waals surface area contributed by atoms with Crippen molar-refractivity contribution in [2.75, 3.05) is 24.7 Å². The van der Waals surface area contributed by atoms with Gasteiger partial charge in [-0.3, -0.25) is 4.79 Å². The Morgan fingerprint density at radius 3 is 2.56 bits per heavy atom. The van der Waals surface area contributed by atoms with Gasteiger partial charge < -0.3 is 5.32 Å². The van der Waals surface area contributed by atoms with Crippen molar-refractivity contribution in [3.05, 3.63) is 41.5 Å². The van der Waals surface area contributed by atoms with Gasteiger partial charge in [0.05, 0.1) is 24.4 Å². The van der Waals surface area contributed by atoms with Crippen LogP contribution in [0.4, 0.5) is 5.69 Å². The number of allylic oxidation sites excluding steroid dienone is 1. The Morgan fingerprint density at radius 2 is 2.00 bits per heavy atom. The van der Waals surface area contributed by atoms with E-state index < -0.39 is 15.9 Å². The number of nitrogens with zero attached hydrogens (tertiary/aromatic N) is 2. The lowest BCUT2D eigenvalue weighted by Gasteiger charge is -2.21. The molecular weight excluding hydrogens is 338 g/mol. The van der Waals surface area contributed by atoms with Crippen molar-refractivity contribution in [1.29, 1.82) is 5.26 Å². The number of hydrogen-bond donors (Lipinski definition) is 1. The summed E-state index contributed by atoms with van der Waals surface area (Å²) in [5.41, 5.74) is 2.30. The Hall–Kier alpha value is -2.17. The van der Waals surface area contributed by atoms with Gasteiger partial charge in [0.1, 0.15) is 0 Å². The van der Waals surface area contributed by atoms with Crippen molar-refractivity contribution >= 4 is 21.6 Å². The average Bonchev–Trinajstić information content (AvgIpc) is 2.59. The van der Waals surface area contributed by atoms with Crippen LogP contribution in [0.25, 0.3) is 0 Å². The molecule has 0 bridgehead atoms. The predicted molar refractivity (Wildman–Crippen MR) is 97.4 cm³/mol. The number of rotatable bonds is 7. The number of nitrogens with one attached hydrogen (secondary N) is 1. The van der Waals surface area contributed by atoms with Crippen molar-refractivity contribution in [2.45, 2.75) is 32.1 Å². The van der Waals surface area contributed by atoms with E-state index in [2.05, 4.69) is 11.4 Å². The first kappa shape index (κ1) is 19.2. The second kappa shape index (κ2) is 8.79. The number of nitriles is 1. The molecule has 7 heteroatoms. The SMILES string of the molecule is CS(=O)(=O)N(CCC1=CCCCC1)CC(=O)Nc1ccc(C#N)cc1. The highest BCUT2D eigenvalue weighted by molar-refractivity contribution is 7.88. The fourth-order valence-electron chi connectivity index (χ4n) is 2.75. The van der Waals surface area contributed by atoms with Crippen LogP contribution in [0.1, 0.15) is 37.7 Å². The summed E-state index contributed by atoms with van der Waals surface area (Å²) in [5, 5.41) is 11.4. The average molecular weight is 361 g/mol. The fraction of sp³-hybridized carbons (Fsp3) is 0.444. The van der Waals surface area contributed by atoms with Gasteiger partial charge in [0.25, 0.3) is 0 Å². The second-order valence-electron chi connectivity index (χ2n) is 6.19. The van der Waals surface area contributed by atoms with Gasteiger partial charge in [0.15, 0.2) is 0 Å². The van der Waals surface area contributed by atoms with Gasteiger partial charge in [-0.25, -0.2) is 8.42 Å². The maximum absolute atomic E-state index is 12.2. The molecule has 6 nitrogen and oxygen atoms in total. The van der Waals surface area contributed by atoms with Crippen LogP contribution in [0.5, 0.6) is 0 Å². The molecule has 1 aromatic rings. The minimum absolute atomic E-state index is 0.216. The molecule has 1 N–H and O–H groups in total. The molecule has 0 radical (unpaired) electrons. The lowest BCUT2D eigenvalue weighted by molar-refractivity contribution is -0.116. The zero-order chi connectivity index (χ0) is 18.3. The Balaban J connectivity index is 1.94. The van der Waals surface area contributed by atoms with Gasteiger partial charge in [0, 0.05) is 12.2 Å². The number of carbonyl (C=O) groups is 1. The van der Waals surface area contributed by atoms with Gasteiger partial charge in [-0.05, 0) is 56.4 Å². The fourth-order valence-corrected chi connectivity index (χ4v) is 3.53. The van der Waals surface area contributed by atoms with E-state index >= 15 is 0 Å². The molecule has 0 aromatic heterocycles. The third-order valence-corrected chi connectivity index (χ3v) is 5.40. The summed E-state index contributed by atoms with van der Waals surface area (Å²) >= 11 is 0. The summed E-state index contributed by atoms with van der Waals surface area (Å²) in [6.07, 6.45) is 8.35. The van der Waals surface area contributed by atoms with E-state index in [4.69, 9.17) is 5.26 Å². The number of hydrogen-bond acceptors (Lipinski definition) is 4. The number of amides is 1. The molecule has 0 unspecified atom stereocenters. The van der Waals surface area contributed by atoms with Crippen LogP contribution in [-0.4, -0.2) is 38.0 Å². The molecule has 0 heterocycles. The first-order valence-corrected chi connectivity index (χ1v) is 10.2. The van der Waals surface area contributed by atoms with E-state index in [-0.39, 0.29) is 6.54 Å². The van der Waals surface area contributed by atoms with Crippen molar-refractivity contribution in [3.8, 4) is 6.07 Å². The minimum Gasteiger partial charge on any atom is -0.325 e. The summed E-state index contributed by atoms with van der Waals surface area (Å²) in [7, 11) is -3.46. The quantitative estimate of drug-likeness (QED) is 0.756. The summed E-state index contributed by atoms with van der Waals surface area (Å²) in [5.74, 6) is -0.396. The van der Waals surface area contributed by atoms with E-state index in [1.54, 1.807) is 24.3 Å². The summed E-state index contributed by atoms with van der Waals surface area (Å²) in [4.78, 5) is 12.2. The standard InChI is InChI=1S/C18H23N3O3S/c1-25(23,24)21(12-11-15-5-3-2-4-6-15)14-18(22)20-17-9-7-16(13-19)8-10-17/h5,7-10H,2-4,6,11-12,14H2,1H3,(H,20,22). The highest BCUT2D eigenvalue weighted by Crippen LogP contribution is 2.20. The molecule has 2 rings (SSSR count). The van der Waals surface area contributed by atoms with Crippen molar-refractivity contribution < 1.29 is 13.2 Å². The van der Waals surface area contributed by atoms with Gasteiger partial charge >= 0.3 is 0 Å². The Bertz CT molecular complexity index is 777.